The van der Waals surface area contributed by atoms with Crippen molar-refractivity contribution in [3.63, 3.8) is 0 Å². The number of hydrogen-bond donors (Lipinski definition) is 2. The summed E-state index contributed by atoms with van der Waals surface area (Å²) in [5.74, 6) is 0.656. The molecular weight excluding hydrogens is 304 g/mol. The summed E-state index contributed by atoms with van der Waals surface area (Å²) in [4.78, 5) is 22.2. The van der Waals surface area contributed by atoms with Crippen LogP contribution in [0.1, 0.15) is 16.1 Å². The van der Waals surface area contributed by atoms with Gasteiger partial charge in [-0.3, -0.25) is 14.8 Å². The van der Waals surface area contributed by atoms with Crippen LogP contribution >= 0.6 is 0 Å². The Hall–Kier alpha value is -2.83. The highest BCUT2D eigenvalue weighted by Gasteiger charge is 2.08. The van der Waals surface area contributed by atoms with Crippen molar-refractivity contribution in [1.82, 2.24) is 25.1 Å². The van der Waals surface area contributed by atoms with Crippen molar-refractivity contribution < 1.29 is 4.79 Å². The summed E-state index contributed by atoms with van der Waals surface area (Å²) in [6.45, 7) is 1.85. The van der Waals surface area contributed by atoms with Gasteiger partial charge in [0, 0.05) is 58.5 Å². The third kappa shape index (κ3) is 4.84. The van der Waals surface area contributed by atoms with E-state index in [1.54, 1.807) is 31.6 Å². The van der Waals surface area contributed by atoms with Crippen molar-refractivity contribution >= 4 is 11.9 Å². The highest BCUT2D eigenvalue weighted by molar-refractivity contribution is 5.93. The van der Waals surface area contributed by atoms with Crippen LogP contribution in [0.5, 0.6) is 0 Å². The molecule has 2 aromatic heterocycles. The molecule has 24 heavy (non-hydrogen) atoms. The largest absolute Gasteiger partial charge is 0.354 e. The standard InChI is InChI=1S/C17H24N6O/c1-18-17(23(3)13-15-7-5-11-22(15)2)21-10-9-20-16(24)14-6-4-8-19-12-14/h4-8,11-12H,9-10,13H2,1-3H3,(H,18,21)(H,20,24). The van der Waals surface area contributed by atoms with E-state index in [0.717, 1.165) is 12.5 Å². The Morgan fingerprint density at radius 1 is 1.29 bits per heavy atom. The number of nitrogens with zero attached hydrogens (tertiary/aromatic N) is 4. The molecule has 0 spiro atoms. The number of pyridine rings is 1. The van der Waals surface area contributed by atoms with Crippen molar-refractivity contribution in [2.24, 2.45) is 12.0 Å². The van der Waals surface area contributed by atoms with Crippen molar-refractivity contribution in [2.75, 3.05) is 27.2 Å². The average Bonchev–Trinajstić information content (AvgIpc) is 3.00. The van der Waals surface area contributed by atoms with Crippen molar-refractivity contribution in [3.8, 4) is 0 Å². The Morgan fingerprint density at radius 3 is 2.71 bits per heavy atom. The minimum absolute atomic E-state index is 0.128. The van der Waals surface area contributed by atoms with E-state index in [1.807, 2.05) is 31.3 Å². The van der Waals surface area contributed by atoms with E-state index in [2.05, 4.69) is 31.2 Å². The predicted octanol–water partition coefficient (Wildman–Crippen LogP) is 0.857. The van der Waals surface area contributed by atoms with Crippen LogP contribution in [0.25, 0.3) is 0 Å². The molecule has 0 saturated heterocycles. The van der Waals surface area contributed by atoms with Crippen LogP contribution in [0.15, 0.2) is 47.8 Å². The molecule has 7 nitrogen and oxygen atoms in total. The lowest BCUT2D eigenvalue weighted by Crippen LogP contribution is -2.42. The van der Waals surface area contributed by atoms with E-state index in [9.17, 15) is 4.79 Å². The van der Waals surface area contributed by atoms with Gasteiger partial charge in [-0.2, -0.15) is 0 Å². The molecule has 2 N–H and O–H groups in total. The van der Waals surface area contributed by atoms with E-state index in [1.165, 1.54) is 5.69 Å². The minimum Gasteiger partial charge on any atom is -0.354 e. The quantitative estimate of drug-likeness (QED) is 0.468. The maximum atomic E-state index is 11.9. The molecule has 0 aliphatic heterocycles. The van der Waals surface area contributed by atoms with Gasteiger partial charge in [-0.15, -0.1) is 0 Å². The maximum Gasteiger partial charge on any atom is 0.252 e. The smallest absolute Gasteiger partial charge is 0.252 e. The summed E-state index contributed by atoms with van der Waals surface area (Å²) in [6.07, 6.45) is 5.22. The number of hydrogen-bond acceptors (Lipinski definition) is 3. The molecule has 2 heterocycles. The molecule has 0 saturated carbocycles. The first kappa shape index (κ1) is 17.5. The monoisotopic (exact) mass is 328 g/mol. The van der Waals surface area contributed by atoms with Crippen LogP contribution in [-0.2, 0) is 13.6 Å². The van der Waals surface area contributed by atoms with Crippen LogP contribution in [0, 0.1) is 0 Å². The third-order valence-electron chi connectivity index (χ3n) is 3.64. The second-order valence-electron chi connectivity index (χ2n) is 5.44. The van der Waals surface area contributed by atoms with Gasteiger partial charge < -0.3 is 20.1 Å². The molecule has 2 rings (SSSR count). The van der Waals surface area contributed by atoms with E-state index >= 15 is 0 Å². The molecule has 0 bridgehead atoms. The molecule has 1 amide bonds. The number of nitrogens with one attached hydrogen (secondary N) is 2. The molecule has 0 fully saturated rings. The molecule has 0 aliphatic rings. The number of guanidine groups is 1. The zero-order valence-corrected chi connectivity index (χ0v) is 14.4. The van der Waals surface area contributed by atoms with Gasteiger partial charge in [0.25, 0.3) is 5.91 Å². The SMILES string of the molecule is CN=C(NCCNC(=O)c1cccnc1)N(C)Cc1cccn1C. The fraction of sp³-hybridized carbons (Fsp3) is 0.353. The fourth-order valence-corrected chi connectivity index (χ4v) is 2.31. The van der Waals surface area contributed by atoms with E-state index in [4.69, 9.17) is 0 Å². The third-order valence-corrected chi connectivity index (χ3v) is 3.64. The number of carbonyl (C=O) groups excluding carboxylic acids is 1. The second-order valence-corrected chi connectivity index (χ2v) is 5.44. The van der Waals surface area contributed by atoms with Crippen molar-refractivity contribution in [3.05, 3.63) is 54.1 Å². The topological polar surface area (TPSA) is 74.5 Å². The number of rotatable bonds is 6. The highest BCUT2D eigenvalue weighted by Crippen LogP contribution is 2.03. The number of aromatic nitrogens is 2. The molecule has 128 valence electrons. The van der Waals surface area contributed by atoms with Gasteiger partial charge in [0.2, 0.25) is 0 Å². The lowest BCUT2D eigenvalue weighted by atomic mass is 10.3. The Bertz CT molecular complexity index is 679. The molecule has 0 radical (unpaired) electrons. The summed E-state index contributed by atoms with van der Waals surface area (Å²) in [6, 6.07) is 7.58. The fourth-order valence-electron chi connectivity index (χ4n) is 2.31. The first-order valence-electron chi connectivity index (χ1n) is 7.82. The Balaban J connectivity index is 1.75. The molecular formula is C17H24N6O. The molecule has 0 aromatic carbocycles. The lowest BCUT2D eigenvalue weighted by molar-refractivity contribution is 0.0954. The van der Waals surface area contributed by atoms with E-state index in [0.29, 0.717) is 18.7 Å². The Labute approximate surface area is 142 Å². The van der Waals surface area contributed by atoms with Crippen LogP contribution < -0.4 is 10.6 Å². The molecule has 2 aromatic rings. The number of aryl methyl sites for hydroxylation is 1. The number of amides is 1. The van der Waals surface area contributed by atoms with E-state index in [-0.39, 0.29) is 5.91 Å². The first-order valence-corrected chi connectivity index (χ1v) is 7.82. The van der Waals surface area contributed by atoms with Gasteiger partial charge >= 0.3 is 0 Å². The van der Waals surface area contributed by atoms with Gasteiger partial charge in [0.15, 0.2) is 5.96 Å². The van der Waals surface area contributed by atoms with Crippen LogP contribution in [-0.4, -0.2) is 53.5 Å². The van der Waals surface area contributed by atoms with Gasteiger partial charge in [0.1, 0.15) is 0 Å². The average molecular weight is 328 g/mol. The summed E-state index contributed by atoms with van der Waals surface area (Å²) in [7, 11) is 5.75. The second kappa shape index (κ2) is 8.71. The lowest BCUT2D eigenvalue weighted by Gasteiger charge is -2.22. The minimum atomic E-state index is -0.128. The molecule has 7 heteroatoms. The van der Waals surface area contributed by atoms with Crippen LogP contribution in [0.2, 0.25) is 0 Å². The first-order chi connectivity index (χ1) is 11.6. The zero-order valence-electron chi connectivity index (χ0n) is 14.4. The van der Waals surface area contributed by atoms with E-state index < -0.39 is 0 Å². The molecule has 0 unspecified atom stereocenters. The number of aliphatic imine (C=N–C) groups is 1. The summed E-state index contributed by atoms with van der Waals surface area (Å²) >= 11 is 0. The Morgan fingerprint density at radius 2 is 2.08 bits per heavy atom. The normalized spacial score (nSPS) is 11.2. The molecule has 0 atom stereocenters. The van der Waals surface area contributed by atoms with Crippen molar-refractivity contribution in [2.45, 2.75) is 6.54 Å². The van der Waals surface area contributed by atoms with Crippen molar-refractivity contribution in [1.29, 1.82) is 0 Å². The van der Waals surface area contributed by atoms with Crippen LogP contribution in [0.3, 0.4) is 0 Å². The summed E-state index contributed by atoms with van der Waals surface area (Å²) < 4.78 is 2.08. The predicted molar refractivity (Wildman–Crippen MR) is 94.8 cm³/mol. The molecule has 0 aliphatic carbocycles. The maximum absolute atomic E-state index is 11.9. The van der Waals surface area contributed by atoms with Gasteiger partial charge in [-0.1, -0.05) is 0 Å². The highest BCUT2D eigenvalue weighted by atomic mass is 16.1. The van der Waals surface area contributed by atoms with Crippen LogP contribution in [0.4, 0.5) is 0 Å². The van der Waals surface area contributed by atoms with Gasteiger partial charge in [0.05, 0.1) is 12.1 Å². The zero-order chi connectivity index (χ0) is 17.4. The summed E-state index contributed by atoms with van der Waals surface area (Å²) in [5.41, 5.74) is 1.76. The Kier molecular flexibility index (Phi) is 6.36. The van der Waals surface area contributed by atoms with Gasteiger partial charge in [-0.25, -0.2) is 0 Å². The van der Waals surface area contributed by atoms with Gasteiger partial charge in [-0.05, 0) is 24.3 Å². The number of carbonyl (C=O) groups is 1. The summed E-state index contributed by atoms with van der Waals surface area (Å²) in [5, 5.41) is 6.10.